The molecule has 0 bridgehead atoms. The van der Waals surface area contributed by atoms with Gasteiger partial charge >= 0.3 is 11.9 Å². The molecule has 1 heterocycles. The molecule has 0 aliphatic rings. The number of carbonyl (C=O) groups is 2. The third kappa shape index (κ3) is 5.73. The molecule has 5 heteroatoms. The van der Waals surface area contributed by atoms with E-state index in [4.69, 9.17) is 9.84 Å². The maximum Gasteiger partial charge on any atom is 0.328 e. The molecular formula is C20H19NO4. The molecule has 1 aromatic carbocycles. The number of benzene rings is 1. The van der Waals surface area contributed by atoms with Crippen LogP contribution in [0.2, 0.25) is 0 Å². The molecule has 0 amide bonds. The van der Waals surface area contributed by atoms with Crippen molar-refractivity contribution in [2.24, 2.45) is 0 Å². The average Bonchev–Trinajstić information content (AvgIpc) is 2.58. The van der Waals surface area contributed by atoms with Crippen LogP contribution in [0, 0.1) is 6.92 Å². The van der Waals surface area contributed by atoms with E-state index in [2.05, 4.69) is 4.98 Å². The first-order valence-corrected chi connectivity index (χ1v) is 7.74. The molecule has 0 spiro atoms. The molecule has 0 radical (unpaired) electrons. The van der Waals surface area contributed by atoms with E-state index in [9.17, 15) is 9.59 Å². The van der Waals surface area contributed by atoms with Crippen molar-refractivity contribution in [3.8, 4) is 0 Å². The summed E-state index contributed by atoms with van der Waals surface area (Å²) in [6, 6.07) is 13.3. The van der Waals surface area contributed by atoms with Crippen LogP contribution in [0.3, 0.4) is 0 Å². The normalized spacial score (nSPS) is 11.5. The van der Waals surface area contributed by atoms with E-state index in [-0.39, 0.29) is 12.6 Å². The first-order valence-electron chi connectivity index (χ1n) is 7.74. The Bertz CT molecular complexity index is 820. The van der Waals surface area contributed by atoms with E-state index in [1.807, 2.05) is 37.3 Å². The predicted octanol–water partition coefficient (Wildman–Crippen LogP) is 3.48. The Morgan fingerprint density at radius 2 is 1.88 bits per heavy atom. The van der Waals surface area contributed by atoms with Crippen molar-refractivity contribution in [1.82, 2.24) is 4.98 Å². The molecule has 128 valence electrons. The number of aromatic nitrogens is 1. The Labute approximate surface area is 146 Å². The number of hydrogen-bond acceptors (Lipinski definition) is 4. The van der Waals surface area contributed by atoms with Crippen LogP contribution in [-0.2, 0) is 14.3 Å². The van der Waals surface area contributed by atoms with Gasteiger partial charge in [0.2, 0.25) is 0 Å². The van der Waals surface area contributed by atoms with Gasteiger partial charge in [0.1, 0.15) is 6.61 Å². The Balaban J connectivity index is 2.41. The molecule has 0 aliphatic carbocycles. The lowest BCUT2D eigenvalue weighted by atomic mass is 10.0. The van der Waals surface area contributed by atoms with Crippen molar-refractivity contribution in [3.05, 3.63) is 77.1 Å². The van der Waals surface area contributed by atoms with Gasteiger partial charge in [-0.25, -0.2) is 9.78 Å². The molecule has 0 saturated heterocycles. The molecule has 1 N–H and O–H groups in total. The molecule has 0 fully saturated rings. The topological polar surface area (TPSA) is 76.5 Å². The lowest BCUT2D eigenvalue weighted by Gasteiger charge is -2.09. The van der Waals surface area contributed by atoms with Crippen molar-refractivity contribution in [1.29, 1.82) is 0 Å². The lowest BCUT2D eigenvalue weighted by Crippen LogP contribution is -2.01. The second-order valence-corrected chi connectivity index (χ2v) is 5.41. The van der Waals surface area contributed by atoms with Gasteiger partial charge in [0.15, 0.2) is 0 Å². The molecule has 0 atom stereocenters. The number of ether oxygens (including phenoxy) is 1. The quantitative estimate of drug-likeness (QED) is 0.645. The van der Waals surface area contributed by atoms with Gasteiger partial charge in [-0.05, 0) is 36.8 Å². The highest BCUT2D eigenvalue weighted by molar-refractivity contribution is 5.85. The van der Waals surface area contributed by atoms with Crippen LogP contribution in [-0.4, -0.2) is 28.6 Å². The summed E-state index contributed by atoms with van der Waals surface area (Å²) in [5.74, 6) is -1.39. The van der Waals surface area contributed by atoms with Crippen LogP contribution in [0.4, 0.5) is 0 Å². The number of esters is 1. The summed E-state index contributed by atoms with van der Waals surface area (Å²) >= 11 is 0. The fraction of sp³-hybridized carbons (Fsp3) is 0.150. The summed E-state index contributed by atoms with van der Waals surface area (Å²) in [4.78, 5) is 26.2. The van der Waals surface area contributed by atoms with Crippen molar-refractivity contribution in [2.75, 3.05) is 6.61 Å². The Morgan fingerprint density at radius 1 is 1.16 bits per heavy atom. The number of carboxylic acid groups (broad SMARTS) is 1. The van der Waals surface area contributed by atoms with Crippen LogP contribution >= 0.6 is 0 Å². The molecule has 2 aromatic rings. The predicted molar refractivity (Wildman–Crippen MR) is 95.8 cm³/mol. The SMILES string of the molecule is CC(=O)OCC=C(c1ccc(C)cc1)c1cccc(C=CC(=O)O)n1. The number of hydrogen-bond donors (Lipinski definition) is 1. The van der Waals surface area contributed by atoms with Gasteiger partial charge in [-0.2, -0.15) is 0 Å². The number of aryl methyl sites for hydroxylation is 1. The Morgan fingerprint density at radius 3 is 2.52 bits per heavy atom. The van der Waals surface area contributed by atoms with Crippen LogP contribution < -0.4 is 0 Å². The second-order valence-electron chi connectivity index (χ2n) is 5.41. The molecular weight excluding hydrogens is 318 g/mol. The maximum atomic E-state index is 11.0. The molecule has 25 heavy (non-hydrogen) atoms. The number of carbonyl (C=O) groups excluding carboxylic acids is 1. The second kappa shape index (κ2) is 8.59. The van der Waals surface area contributed by atoms with E-state index in [1.54, 1.807) is 18.2 Å². The summed E-state index contributed by atoms with van der Waals surface area (Å²) < 4.78 is 5.01. The molecule has 5 nitrogen and oxygen atoms in total. The van der Waals surface area contributed by atoms with Gasteiger partial charge in [-0.15, -0.1) is 0 Å². The molecule has 0 unspecified atom stereocenters. The molecule has 1 aromatic heterocycles. The monoisotopic (exact) mass is 337 g/mol. The number of nitrogens with zero attached hydrogens (tertiary/aromatic N) is 1. The van der Waals surface area contributed by atoms with Gasteiger partial charge in [0.25, 0.3) is 0 Å². The molecule has 2 rings (SSSR count). The van der Waals surface area contributed by atoms with Crippen molar-refractivity contribution >= 4 is 23.6 Å². The minimum atomic E-state index is -1.03. The Kier molecular flexibility index (Phi) is 6.23. The standard InChI is InChI=1S/C20H19NO4/c1-14-6-8-16(9-7-14)18(12-13-25-15(2)22)19-5-3-4-17(21-19)10-11-20(23)24/h3-12H,13H2,1-2H3,(H,23,24). The number of aliphatic carboxylic acids is 1. The Hall–Kier alpha value is -3.21. The zero-order valence-electron chi connectivity index (χ0n) is 14.1. The fourth-order valence-corrected chi connectivity index (χ4v) is 2.20. The highest BCUT2D eigenvalue weighted by atomic mass is 16.5. The summed E-state index contributed by atoms with van der Waals surface area (Å²) in [6.45, 7) is 3.49. The highest BCUT2D eigenvalue weighted by Gasteiger charge is 2.07. The smallest absolute Gasteiger partial charge is 0.328 e. The van der Waals surface area contributed by atoms with Gasteiger partial charge < -0.3 is 9.84 Å². The van der Waals surface area contributed by atoms with E-state index < -0.39 is 5.97 Å². The summed E-state index contributed by atoms with van der Waals surface area (Å²) in [6.07, 6.45) is 4.27. The zero-order chi connectivity index (χ0) is 18.2. The number of pyridine rings is 1. The van der Waals surface area contributed by atoms with Crippen LogP contribution in [0.15, 0.2) is 54.6 Å². The first kappa shape index (κ1) is 18.1. The van der Waals surface area contributed by atoms with Crippen LogP contribution in [0.25, 0.3) is 11.6 Å². The van der Waals surface area contributed by atoms with E-state index in [0.717, 1.165) is 22.8 Å². The minimum absolute atomic E-state index is 0.134. The van der Waals surface area contributed by atoms with E-state index in [1.165, 1.54) is 13.0 Å². The van der Waals surface area contributed by atoms with Crippen LogP contribution in [0.1, 0.15) is 29.4 Å². The van der Waals surface area contributed by atoms with E-state index >= 15 is 0 Å². The molecule has 0 aliphatic heterocycles. The van der Waals surface area contributed by atoms with Gasteiger partial charge in [0, 0.05) is 18.6 Å². The van der Waals surface area contributed by atoms with Crippen molar-refractivity contribution < 1.29 is 19.4 Å². The average molecular weight is 337 g/mol. The summed E-state index contributed by atoms with van der Waals surface area (Å²) in [5, 5.41) is 8.75. The fourth-order valence-electron chi connectivity index (χ4n) is 2.20. The third-order valence-electron chi connectivity index (χ3n) is 3.38. The molecule has 0 saturated carbocycles. The van der Waals surface area contributed by atoms with Crippen molar-refractivity contribution in [3.63, 3.8) is 0 Å². The van der Waals surface area contributed by atoms with Gasteiger partial charge in [-0.1, -0.05) is 35.9 Å². The van der Waals surface area contributed by atoms with Gasteiger partial charge in [0.05, 0.1) is 11.4 Å². The lowest BCUT2D eigenvalue weighted by molar-refractivity contribution is -0.139. The minimum Gasteiger partial charge on any atom is -0.478 e. The summed E-state index contributed by atoms with van der Waals surface area (Å²) in [5.41, 5.74) is 4.08. The van der Waals surface area contributed by atoms with Crippen molar-refractivity contribution in [2.45, 2.75) is 13.8 Å². The highest BCUT2D eigenvalue weighted by Crippen LogP contribution is 2.23. The van der Waals surface area contributed by atoms with Crippen LogP contribution in [0.5, 0.6) is 0 Å². The third-order valence-corrected chi connectivity index (χ3v) is 3.38. The number of rotatable bonds is 6. The summed E-state index contributed by atoms with van der Waals surface area (Å²) in [7, 11) is 0. The maximum absolute atomic E-state index is 11.0. The zero-order valence-corrected chi connectivity index (χ0v) is 14.1. The van der Waals surface area contributed by atoms with E-state index in [0.29, 0.717) is 11.4 Å². The first-order chi connectivity index (χ1) is 12.0. The largest absolute Gasteiger partial charge is 0.478 e. The van der Waals surface area contributed by atoms with Gasteiger partial charge in [-0.3, -0.25) is 4.79 Å². The number of carboxylic acids is 1.